The van der Waals surface area contributed by atoms with Crippen molar-refractivity contribution in [1.82, 2.24) is 0 Å². The molecule has 0 aliphatic carbocycles. The van der Waals surface area contributed by atoms with Crippen LogP contribution in [-0.2, 0) is 22.5 Å². The van der Waals surface area contributed by atoms with Crippen LogP contribution in [0.4, 0.5) is 5.69 Å². The van der Waals surface area contributed by atoms with E-state index in [1.807, 2.05) is 42.5 Å². The van der Waals surface area contributed by atoms with E-state index in [0.717, 1.165) is 17.8 Å². The molecule has 2 rings (SSSR count). The molecule has 22 heavy (non-hydrogen) atoms. The first-order chi connectivity index (χ1) is 10.2. The Morgan fingerprint density at radius 3 is 2.32 bits per heavy atom. The van der Waals surface area contributed by atoms with Crippen LogP contribution in [-0.4, -0.2) is 19.1 Å². The van der Waals surface area contributed by atoms with E-state index in [1.165, 1.54) is 12.7 Å². The van der Waals surface area contributed by atoms with E-state index in [4.69, 9.17) is 5.73 Å². The third kappa shape index (κ3) is 5.39. The Morgan fingerprint density at radius 2 is 1.73 bits per heavy atom. The largest absolute Gasteiger partial charge is 0.468 e. The first kappa shape index (κ1) is 18.0. The number of anilines is 1. The first-order valence-corrected chi connectivity index (χ1v) is 6.89. The monoisotopic (exact) mass is 320 g/mol. The fourth-order valence-corrected chi connectivity index (χ4v) is 2.05. The van der Waals surface area contributed by atoms with Gasteiger partial charge in [0.1, 0.15) is 6.04 Å². The highest BCUT2D eigenvalue weighted by Gasteiger charge is 2.13. The maximum atomic E-state index is 11.3. The molecule has 0 heterocycles. The van der Waals surface area contributed by atoms with Crippen molar-refractivity contribution < 1.29 is 9.53 Å². The van der Waals surface area contributed by atoms with Gasteiger partial charge in [-0.25, -0.2) is 0 Å². The van der Waals surface area contributed by atoms with Gasteiger partial charge in [0.05, 0.1) is 7.11 Å². The van der Waals surface area contributed by atoms with E-state index in [-0.39, 0.29) is 18.4 Å². The van der Waals surface area contributed by atoms with Crippen molar-refractivity contribution in [2.45, 2.75) is 19.0 Å². The molecule has 118 valence electrons. The lowest BCUT2D eigenvalue weighted by Gasteiger charge is -2.10. The molecule has 0 aliphatic rings. The standard InChI is InChI=1S/C17H20N2O2.ClH/c1-21-17(20)16(18)11-13-7-9-15(10-8-13)19-12-14-5-3-2-4-6-14;/h2-10,16,19H,11-12,18H2,1H3;1H/t16-;/m0./s1. The van der Waals surface area contributed by atoms with E-state index >= 15 is 0 Å². The highest BCUT2D eigenvalue weighted by atomic mass is 35.5. The van der Waals surface area contributed by atoms with Gasteiger partial charge in [0.2, 0.25) is 0 Å². The summed E-state index contributed by atoms with van der Waals surface area (Å²) >= 11 is 0. The van der Waals surface area contributed by atoms with E-state index < -0.39 is 6.04 Å². The first-order valence-electron chi connectivity index (χ1n) is 6.89. The van der Waals surface area contributed by atoms with Gasteiger partial charge in [-0.15, -0.1) is 12.4 Å². The average molecular weight is 321 g/mol. The molecule has 3 N–H and O–H groups in total. The summed E-state index contributed by atoms with van der Waals surface area (Å²) in [5.74, 6) is -0.388. The topological polar surface area (TPSA) is 64.3 Å². The summed E-state index contributed by atoms with van der Waals surface area (Å²) in [6.07, 6.45) is 0.478. The van der Waals surface area contributed by atoms with Crippen LogP contribution < -0.4 is 11.1 Å². The zero-order valence-electron chi connectivity index (χ0n) is 12.5. The normalized spacial score (nSPS) is 11.2. The number of rotatable bonds is 6. The second kappa shape index (κ2) is 9.07. The van der Waals surface area contributed by atoms with Gasteiger partial charge < -0.3 is 15.8 Å². The van der Waals surface area contributed by atoms with Crippen molar-refractivity contribution in [1.29, 1.82) is 0 Å². The highest BCUT2D eigenvalue weighted by molar-refractivity contribution is 5.85. The summed E-state index contributed by atoms with van der Waals surface area (Å²) in [6.45, 7) is 0.780. The molecule has 0 saturated carbocycles. The summed E-state index contributed by atoms with van der Waals surface area (Å²) in [5, 5.41) is 3.35. The van der Waals surface area contributed by atoms with Crippen LogP contribution >= 0.6 is 12.4 Å². The maximum Gasteiger partial charge on any atom is 0.322 e. The predicted molar refractivity (Wildman–Crippen MR) is 91.2 cm³/mol. The Morgan fingerprint density at radius 1 is 1.09 bits per heavy atom. The predicted octanol–water partition coefficient (Wildman–Crippen LogP) is 2.76. The summed E-state index contributed by atoms with van der Waals surface area (Å²) in [4.78, 5) is 11.3. The Hall–Kier alpha value is -2.04. The molecule has 0 spiro atoms. The van der Waals surface area contributed by atoms with E-state index in [9.17, 15) is 4.79 Å². The van der Waals surface area contributed by atoms with Crippen molar-refractivity contribution in [2.75, 3.05) is 12.4 Å². The van der Waals surface area contributed by atoms with Crippen molar-refractivity contribution in [3.8, 4) is 0 Å². The number of esters is 1. The molecule has 1 atom stereocenters. The second-order valence-electron chi connectivity index (χ2n) is 4.87. The zero-order chi connectivity index (χ0) is 15.1. The number of carbonyl (C=O) groups excluding carboxylic acids is 1. The van der Waals surface area contributed by atoms with Crippen LogP contribution in [0.15, 0.2) is 54.6 Å². The molecule has 0 radical (unpaired) electrons. The molecule has 0 unspecified atom stereocenters. The van der Waals surface area contributed by atoms with Crippen molar-refractivity contribution in [3.05, 3.63) is 65.7 Å². The minimum Gasteiger partial charge on any atom is -0.468 e. The second-order valence-corrected chi connectivity index (χ2v) is 4.87. The molecule has 0 amide bonds. The Labute approximate surface area is 137 Å². The van der Waals surface area contributed by atoms with Gasteiger partial charge in [0.25, 0.3) is 0 Å². The third-order valence-electron chi connectivity index (χ3n) is 3.25. The lowest BCUT2D eigenvalue weighted by atomic mass is 10.1. The number of benzene rings is 2. The van der Waals surface area contributed by atoms with Gasteiger partial charge in [-0.1, -0.05) is 42.5 Å². The maximum absolute atomic E-state index is 11.3. The Kier molecular flexibility index (Phi) is 7.43. The third-order valence-corrected chi connectivity index (χ3v) is 3.25. The number of nitrogens with one attached hydrogen (secondary N) is 1. The average Bonchev–Trinajstić information content (AvgIpc) is 2.54. The smallest absolute Gasteiger partial charge is 0.322 e. The quantitative estimate of drug-likeness (QED) is 0.803. The highest BCUT2D eigenvalue weighted by Crippen LogP contribution is 2.12. The number of carbonyl (C=O) groups is 1. The fourth-order valence-electron chi connectivity index (χ4n) is 2.05. The van der Waals surface area contributed by atoms with Crippen molar-refractivity contribution in [2.24, 2.45) is 5.73 Å². The van der Waals surface area contributed by atoms with Crippen LogP contribution in [0.5, 0.6) is 0 Å². The minimum absolute atomic E-state index is 0. The van der Waals surface area contributed by atoms with E-state index in [0.29, 0.717) is 6.42 Å². The molecule has 0 fully saturated rings. The molecule has 2 aromatic carbocycles. The summed E-state index contributed by atoms with van der Waals surface area (Å²) in [5.41, 5.74) is 9.02. The zero-order valence-corrected chi connectivity index (χ0v) is 13.3. The van der Waals surface area contributed by atoms with Crippen LogP contribution in [0, 0.1) is 0 Å². The van der Waals surface area contributed by atoms with Crippen LogP contribution in [0.25, 0.3) is 0 Å². The molecule has 4 nitrogen and oxygen atoms in total. The number of hydrogen-bond acceptors (Lipinski definition) is 4. The summed E-state index contributed by atoms with van der Waals surface area (Å²) < 4.78 is 4.62. The fraction of sp³-hybridized carbons (Fsp3) is 0.235. The lowest BCUT2D eigenvalue weighted by Crippen LogP contribution is -2.33. The number of methoxy groups -OCH3 is 1. The molecule has 2 aromatic rings. The van der Waals surface area contributed by atoms with Gasteiger partial charge >= 0.3 is 5.97 Å². The minimum atomic E-state index is -0.613. The lowest BCUT2D eigenvalue weighted by molar-refractivity contribution is -0.142. The Bertz CT molecular complexity index is 573. The SMILES string of the molecule is COC(=O)[C@@H](N)Cc1ccc(NCc2ccccc2)cc1.Cl. The van der Waals surface area contributed by atoms with E-state index in [2.05, 4.69) is 22.2 Å². The molecule has 0 aromatic heterocycles. The molecule has 0 bridgehead atoms. The van der Waals surface area contributed by atoms with Crippen LogP contribution in [0.2, 0.25) is 0 Å². The van der Waals surface area contributed by atoms with Gasteiger partial charge in [-0.05, 0) is 29.7 Å². The number of hydrogen-bond donors (Lipinski definition) is 2. The van der Waals surface area contributed by atoms with Gasteiger partial charge in [-0.2, -0.15) is 0 Å². The molecule has 5 heteroatoms. The number of halogens is 1. The van der Waals surface area contributed by atoms with Gasteiger partial charge in [-0.3, -0.25) is 4.79 Å². The van der Waals surface area contributed by atoms with Crippen molar-refractivity contribution in [3.63, 3.8) is 0 Å². The van der Waals surface area contributed by atoms with Gasteiger partial charge in [0.15, 0.2) is 0 Å². The number of nitrogens with two attached hydrogens (primary N) is 1. The molecular formula is C17H21ClN2O2. The van der Waals surface area contributed by atoms with Crippen LogP contribution in [0.1, 0.15) is 11.1 Å². The molecule has 0 aliphatic heterocycles. The summed E-state index contributed by atoms with van der Waals surface area (Å²) in [6, 6.07) is 17.5. The van der Waals surface area contributed by atoms with Gasteiger partial charge in [0, 0.05) is 12.2 Å². The Balaban J connectivity index is 0.00000242. The van der Waals surface area contributed by atoms with Crippen molar-refractivity contribution >= 4 is 24.1 Å². The summed E-state index contributed by atoms with van der Waals surface area (Å²) in [7, 11) is 1.35. The molecular weight excluding hydrogens is 300 g/mol. The number of ether oxygens (including phenoxy) is 1. The molecule has 0 saturated heterocycles. The van der Waals surface area contributed by atoms with Crippen LogP contribution in [0.3, 0.4) is 0 Å². The van der Waals surface area contributed by atoms with E-state index in [1.54, 1.807) is 0 Å².